The van der Waals surface area contributed by atoms with E-state index in [0.29, 0.717) is 72.0 Å². The van der Waals surface area contributed by atoms with Gasteiger partial charge in [0.25, 0.3) is 0 Å². The summed E-state index contributed by atoms with van der Waals surface area (Å²) in [6, 6.07) is 0. The number of amides is 5. The van der Waals surface area contributed by atoms with E-state index in [2.05, 4.69) is 21.3 Å². The third-order valence-electron chi connectivity index (χ3n) is 6.15. The molecule has 15 nitrogen and oxygen atoms in total. The highest BCUT2D eigenvalue weighted by Crippen LogP contribution is 2.36. The van der Waals surface area contributed by atoms with Crippen molar-refractivity contribution < 1.29 is 47.2 Å². The molecule has 0 spiro atoms. The predicted molar refractivity (Wildman–Crippen MR) is 159 cm³/mol. The number of hydrogen-bond donors (Lipinski definition) is 4. The van der Waals surface area contributed by atoms with Crippen molar-refractivity contribution >= 4 is 37.9 Å². The first-order valence-corrected chi connectivity index (χ1v) is 16.2. The summed E-state index contributed by atoms with van der Waals surface area (Å²) in [6.07, 6.45) is 3.44. The van der Waals surface area contributed by atoms with Crippen molar-refractivity contribution in [2.45, 2.75) is 52.1 Å². The van der Waals surface area contributed by atoms with Crippen molar-refractivity contribution in [1.82, 2.24) is 26.2 Å². The summed E-state index contributed by atoms with van der Waals surface area (Å²) in [6.45, 7) is 7.26. The summed E-state index contributed by atoms with van der Waals surface area (Å²) < 4.78 is 27.1. The van der Waals surface area contributed by atoms with Crippen molar-refractivity contribution in [1.29, 1.82) is 0 Å². The highest BCUT2D eigenvalue weighted by Gasteiger charge is 2.25. The molecule has 1 rings (SSSR count). The van der Waals surface area contributed by atoms with Crippen molar-refractivity contribution in [2.24, 2.45) is 0 Å². The van der Waals surface area contributed by atoms with E-state index in [1.54, 1.807) is 12.0 Å². The zero-order valence-electron chi connectivity index (χ0n) is 25.8. The lowest BCUT2D eigenvalue weighted by atomic mass is 10.1. The van der Waals surface area contributed by atoms with E-state index in [-0.39, 0.29) is 50.5 Å². The number of nitrogens with zero attached hydrogens (tertiary/aromatic N) is 1. The van der Waals surface area contributed by atoms with Gasteiger partial charge in [-0.2, -0.15) is 0 Å². The Morgan fingerprint density at radius 1 is 0.744 bits per heavy atom. The van der Waals surface area contributed by atoms with E-state index in [0.717, 1.165) is 12.6 Å². The minimum atomic E-state index is -0.841. The zero-order valence-corrected chi connectivity index (χ0v) is 26.7. The van der Waals surface area contributed by atoms with E-state index in [1.807, 2.05) is 13.8 Å². The Morgan fingerprint density at radius 3 is 1.93 bits per heavy atom. The molecule has 1 aliphatic heterocycles. The van der Waals surface area contributed by atoms with Gasteiger partial charge in [-0.05, 0) is 26.2 Å². The van der Waals surface area contributed by atoms with Crippen LogP contribution in [-0.2, 0) is 47.2 Å². The monoisotopic (exact) mass is 635 g/mol. The molecule has 248 valence electrons. The molecule has 1 aliphatic rings. The van der Waals surface area contributed by atoms with Gasteiger partial charge in [-0.25, -0.2) is 0 Å². The van der Waals surface area contributed by atoms with Gasteiger partial charge in [-0.1, -0.05) is 6.92 Å². The van der Waals surface area contributed by atoms with Crippen LogP contribution in [0.2, 0.25) is 0 Å². The van der Waals surface area contributed by atoms with Gasteiger partial charge in [0.15, 0.2) is 8.38 Å². The average Bonchev–Trinajstić information content (AvgIpc) is 3.50. The minimum absolute atomic E-state index is 0.0584. The molecule has 0 aromatic carbocycles. The molecule has 0 radical (unpaired) electrons. The molecule has 0 aromatic heterocycles. The first kappa shape index (κ1) is 38.6. The number of carbonyl (C=O) groups excluding carboxylic acids is 5. The lowest BCUT2D eigenvalue weighted by Gasteiger charge is -2.15. The minimum Gasteiger partial charge on any atom is -0.380 e. The van der Waals surface area contributed by atoms with Gasteiger partial charge in [0.2, 0.25) is 29.5 Å². The topological polar surface area (TPSA) is 183 Å². The largest absolute Gasteiger partial charge is 0.380 e. The molecule has 1 saturated heterocycles. The lowest BCUT2D eigenvalue weighted by molar-refractivity contribution is -0.131. The maximum absolute atomic E-state index is 12.2. The molecule has 2 atom stereocenters. The average molecular weight is 636 g/mol. The van der Waals surface area contributed by atoms with E-state index in [4.69, 9.17) is 23.3 Å². The molecule has 0 bridgehead atoms. The Kier molecular flexibility index (Phi) is 22.4. The van der Waals surface area contributed by atoms with Crippen LogP contribution in [0.1, 0.15) is 46.0 Å². The van der Waals surface area contributed by atoms with Crippen molar-refractivity contribution in [2.75, 3.05) is 92.2 Å². The fourth-order valence-electron chi connectivity index (χ4n) is 3.83. The second-order valence-electron chi connectivity index (χ2n) is 9.50. The van der Waals surface area contributed by atoms with E-state index < -0.39 is 26.1 Å². The summed E-state index contributed by atoms with van der Waals surface area (Å²) in [5.74, 6) is -1.72. The van der Waals surface area contributed by atoms with E-state index >= 15 is 0 Å². The molecular formula is C27H50N5O10P. The van der Waals surface area contributed by atoms with Gasteiger partial charge < -0.3 is 49.4 Å². The molecule has 0 aromatic rings. The second kappa shape index (κ2) is 25.0. The van der Waals surface area contributed by atoms with Gasteiger partial charge in [-0.3, -0.25) is 24.0 Å². The fraction of sp³-hybridized carbons (Fsp3) is 0.815. The molecule has 0 aliphatic carbocycles. The van der Waals surface area contributed by atoms with Gasteiger partial charge in [-0.15, -0.1) is 0 Å². The Labute approximate surface area is 255 Å². The Balaban J connectivity index is 1.94. The number of hydrogen-bond acceptors (Lipinski definition) is 10. The normalized spacial score (nSPS) is 15.1. The van der Waals surface area contributed by atoms with Gasteiger partial charge in [0.1, 0.15) is 0 Å². The van der Waals surface area contributed by atoms with Crippen molar-refractivity contribution in [3.63, 3.8) is 0 Å². The van der Waals surface area contributed by atoms with Gasteiger partial charge >= 0.3 is 0 Å². The van der Waals surface area contributed by atoms with E-state index in [9.17, 15) is 24.0 Å². The standard InChI is InChI=1S/C27H50N5O10P/c1-4-41-43(5-2)42-17-16-40-15-14-39-13-11-28-24(34)18-30-26(36)20-31-25(35)19-29-23(33)8-6-7-9-27(37)32-12-10-22(21-32)38-3/h22H,4-21H2,1-3H3,(H,28,34)(H,29,33)(H,30,36)(H,31,35)/t22-,43?/m0/s1. The zero-order chi connectivity index (χ0) is 31.7. The van der Waals surface area contributed by atoms with Gasteiger partial charge in [0.05, 0.1) is 65.4 Å². The number of rotatable bonds is 25. The number of carbonyl (C=O) groups is 5. The van der Waals surface area contributed by atoms with Crippen molar-refractivity contribution in [3.05, 3.63) is 0 Å². The van der Waals surface area contributed by atoms with E-state index in [1.165, 1.54) is 0 Å². The predicted octanol–water partition coefficient (Wildman–Crippen LogP) is -0.323. The molecule has 5 amide bonds. The van der Waals surface area contributed by atoms with Crippen LogP contribution in [0.5, 0.6) is 0 Å². The molecule has 43 heavy (non-hydrogen) atoms. The van der Waals surface area contributed by atoms with Gasteiger partial charge in [0, 0.05) is 45.7 Å². The fourth-order valence-corrected chi connectivity index (χ4v) is 4.83. The lowest BCUT2D eigenvalue weighted by Crippen LogP contribution is -2.44. The van der Waals surface area contributed by atoms with Crippen LogP contribution < -0.4 is 21.3 Å². The first-order chi connectivity index (χ1) is 20.8. The SMILES string of the molecule is CCOP(CC)OCCOCCOCCNC(=O)CNC(=O)CNC(=O)CNC(=O)CCCCC(=O)N1CC[C@H](OC)C1. The van der Waals surface area contributed by atoms with Crippen molar-refractivity contribution in [3.8, 4) is 0 Å². The van der Waals surface area contributed by atoms with Crippen LogP contribution in [0.15, 0.2) is 0 Å². The highest BCUT2D eigenvalue weighted by atomic mass is 31.2. The molecule has 1 fully saturated rings. The summed E-state index contributed by atoms with van der Waals surface area (Å²) in [4.78, 5) is 61.5. The molecule has 1 heterocycles. The summed E-state index contributed by atoms with van der Waals surface area (Å²) in [5.41, 5.74) is 0. The molecule has 0 saturated carbocycles. The number of unbranched alkanes of at least 4 members (excludes halogenated alkanes) is 1. The molecule has 4 N–H and O–H groups in total. The summed E-state index contributed by atoms with van der Waals surface area (Å²) in [7, 11) is 0.796. The smallest absolute Gasteiger partial charge is 0.239 e. The number of methoxy groups -OCH3 is 1. The highest BCUT2D eigenvalue weighted by molar-refractivity contribution is 7.47. The second-order valence-corrected chi connectivity index (χ2v) is 11.3. The Bertz CT molecular complexity index is 838. The quantitative estimate of drug-likeness (QED) is 0.0766. The van der Waals surface area contributed by atoms with Crippen LogP contribution >= 0.6 is 8.38 Å². The van der Waals surface area contributed by atoms with Crippen LogP contribution in [0.25, 0.3) is 0 Å². The molecular weight excluding hydrogens is 585 g/mol. The van der Waals surface area contributed by atoms with Crippen LogP contribution in [0.3, 0.4) is 0 Å². The summed E-state index contributed by atoms with van der Waals surface area (Å²) in [5, 5.41) is 9.88. The number of nitrogens with one attached hydrogen (secondary N) is 4. The van der Waals surface area contributed by atoms with Crippen LogP contribution in [0.4, 0.5) is 0 Å². The van der Waals surface area contributed by atoms with Crippen LogP contribution in [0, 0.1) is 0 Å². The first-order valence-electron chi connectivity index (χ1n) is 14.8. The Hall–Kier alpha value is -2.42. The maximum Gasteiger partial charge on any atom is 0.239 e. The summed E-state index contributed by atoms with van der Waals surface area (Å²) >= 11 is 0. The maximum atomic E-state index is 12.2. The molecule has 16 heteroatoms. The molecule has 1 unspecified atom stereocenters. The number of likely N-dealkylation sites (tertiary alicyclic amines) is 1. The third-order valence-corrected chi connectivity index (χ3v) is 7.68. The third kappa shape index (κ3) is 20.2. The number of ether oxygens (including phenoxy) is 3. The van der Waals surface area contributed by atoms with Crippen LogP contribution in [-0.4, -0.2) is 133 Å². The Morgan fingerprint density at radius 2 is 1.33 bits per heavy atom.